The predicted molar refractivity (Wildman–Crippen MR) is 58.6 cm³/mol. The lowest BCUT2D eigenvalue weighted by Crippen LogP contribution is -2.45. The van der Waals surface area contributed by atoms with Crippen molar-refractivity contribution >= 4 is 0 Å². The molecule has 2 N–H and O–H groups in total. The van der Waals surface area contributed by atoms with E-state index in [0.29, 0.717) is 5.41 Å². The van der Waals surface area contributed by atoms with E-state index in [9.17, 15) is 0 Å². The zero-order valence-electron chi connectivity index (χ0n) is 9.69. The molecule has 1 aliphatic rings. The van der Waals surface area contributed by atoms with Crippen molar-refractivity contribution < 1.29 is 0 Å². The molecule has 0 aromatic rings. The Balaban J connectivity index is 2.47. The first-order valence-electron chi connectivity index (χ1n) is 5.62. The average molecular weight is 183 g/mol. The van der Waals surface area contributed by atoms with E-state index in [4.69, 9.17) is 5.73 Å². The van der Waals surface area contributed by atoms with Crippen LogP contribution in [0, 0.1) is 11.3 Å². The molecule has 1 aliphatic carbocycles. The summed E-state index contributed by atoms with van der Waals surface area (Å²) in [5.74, 6) is 0.742. The van der Waals surface area contributed by atoms with Gasteiger partial charge in [-0.15, -0.1) is 0 Å². The van der Waals surface area contributed by atoms with E-state index in [-0.39, 0.29) is 5.54 Å². The van der Waals surface area contributed by atoms with Gasteiger partial charge in [-0.25, -0.2) is 0 Å². The third-order valence-corrected chi connectivity index (χ3v) is 3.41. The highest BCUT2D eigenvalue weighted by molar-refractivity contribution is 4.93. The minimum Gasteiger partial charge on any atom is -0.325 e. The highest BCUT2D eigenvalue weighted by atomic mass is 14.7. The van der Waals surface area contributed by atoms with Crippen LogP contribution in [-0.2, 0) is 0 Å². The molecule has 1 fully saturated rings. The average Bonchev–Trinajstić information content (AvgIpc) is 1.95. The first-order valence-corrected chi connectivity index (χ1v) is 5.62. The van der Waals surface area contributed by atoms with Gasteiger partial charge in [-0.05, 0) is 43.4 Å². The minimum atomic E-state index is 0.156. The maximum atomic E-state index is 6.38. The van der Waals surface area contributed by atoms with E-state index in [1.807, 2.05) is 0 Å². The standard InChI is InChI=1S/C12H25N/c1-10(2)9-12(13)7-5-11(3,4)6-8-12/h10H,5-9,13H2,1-4H3. The number of hydrogen-bond acceptors (Lipinski definition) is 1. The summed E-state index contributed by atoms with van der Waals surface area (Å²) >= 11 is 0. The lowest BCUT2D eigenvalue weighted by molar-refractivity contribution is 0.147. The van der Waals surface area contributed by atoms with Gasteiger partial charge in [0.15, 0.2) is 0 Å². The van der Waals surface area contributed by atoms with Gasteiger partial charge in [-0.1, -0.05) is 27.7 Å². The van der Waals surface area contributed by atoms with Crippen molar-refractivity contribution in [2.75, 3.05) is 0 Å². The first-order chi connectivity index (χ1) is 5.83. The van der Waals surface area contributed by atoms with Crippen LogP contribution in [-0.4, -0.2) is 5.54 Å². The van der Waals surface area contributed by atoms with Crippen molar-refractivity contribution in [2.24, 2.45) is 17.1 Å². The van der Waals surface area contributed by atoms with E-state index in [0.717, 1.165) is 5.92 Å². The van der Waals surface area contributed by atoms with Crippen LogP contribution in [0.3, 0.4) is 0 Å². The second kappa shape index (κ2) is 3.61. The summed E-state index contributed by atoms with van der Waals surface area (Å²) in [4.78, 5) is 0. The molecule has 0 radical (unpaired) electrons. The molecule has 0 atom stereocenters. The highest BCUT2D eigenvalue weighted by Crippen LogP contribution is 2.41. The molecule has 0 heterocycles. The molecule has 1 saturated carbocycles. The van der Waals surface area contributed by atoms with Crippen LogP contribution in [0.15, 0.2) is 0 Å². The van der Waals surface area contributed by atoms with Crippen LogP contribution >= 0.6 is 0 Å². The van der Waals surface area contributed by atoms with Crippen LogP contribution in [0.1, 0.15) is 59.8 Å². The van der Waals surface area contributed by atoms with Crippen molar-refractivity contribution in [3.63, 3.8) is 0 Å². The van der Waals surface area contributed by atoms with Gasteiger partial charge < -0.3 is 5.73 Å². The third-order valence-electron chi connectivity index (χ3n) is 3.41. The molecule has 0 aliphatic heterocycles. The summed E-state index contributed by atoms with van der Waals surface area (Å²) in [7, 11) is 0. The van der Waals surface area contributed by atoms with Gasteiger partial charge in [0.2, 0.25) is 0 Å². The van der Waals surface area contributed by atoms with Crippen LogP contribution in [0.25, 0.3) is 0 Å². The number of nitrogens with two attached hydrogens (primary N) is 1. The van der Waals surface area contributed by atoms with Crippen molar-refractivity contribution in [2.45, 2.75) is 65.3 Å². The molecule has 13 heavy (non-hydrogen) atoms. The van der Waals surface area contributed by atoms with Crippen LogP contribution in [0.5, 0.6) is 0 Å². The van der Waals surface area contributed by atoms with Gasteiger partial charge in [0.1, 0.15) is 0 Å². The fraction of sp³-hybridized carbons (Fsp3) is 1.00. The highest BCUT2D eigenvalue weighted by Gasteiger charge is 2.35. The van der Waals surface area contributed by atoms with E-state index >= 15 is 0 Å². The Hall–Kier alpha value is -0.0400. The van der Waals surface area contributed by atoms with E-state index < -0.39 is 0 Å². The maximum Gasteiger partial charge on any atom is 0.0157 e. The summed E-state index contributed by atoms with van der Waals surface area (Å²) in [5.41, 5.74) is 7.08. The molecule has 0 aromatic carbocycles. The number of rotatable bonds is 2. The molecule has 0 unspecified atom stereocenters. The first kappa shape index (κ1) is 11.0. The fourth-order valence-corrected chi connectivity index (χ4v) is 2.44. The van der Waals surface area contributed by atoms with Crippen LogP contribution in [0.4, 0.5) is 0 Å². The lowest BCUT2D eigenvalue weighted by Gasteiger charge is -2.42. The molecule has 1 rings (SSSR count). The van der Waals surface area contributed by atoms with Crippen molar-refractivity contribution in [3.8, 4) is 0 Å². The predicted octanol–water partition coefficient (Wildman–Crippen LogP) is 3.33. The van der Waals surface area contributed by atoms with Crippen LogP contribution in [0.2, 0.25) is 0 Å². The van der Waals surface area contributed by atoms with Gasteiger partial charge in [0.05, 0.1) is 0 Å². The zero-order chi connectivity index (χ0) is 10.1. The summed E-state index contributed by atoms with van der Waals surface area (Å²) < 4.78 is 0. The van der Waals surface area contributed by atoms with Gasteiger partial charge in [-0.2, -0.15) is 0 Å². The van der Waals surface area contributed by atoms with E-state index in [2.05, 4.69) is 27.7 Å². The monoisotopic (exact) mass is 183 g/mol. The fourth-order valence-electron chi connectivity index (χ4n) is 2.44. The Morgan fingerprint density at radius 3 is 1.92 bits per heavy atom. The Morgan fingerprint density at radius 1 is 1.08 bits per heavy atom. The Labute approximate surface area is 83.1 Å². The molecule has 0 aromatic heterocycles. The molecule has 1 heteroatoms. The Morgan fingerprint density at radius 2 is 1.54 bits per heavy atom. The minimum absolute atomic E-state index is 0.156. The molecule has 0 amide bonds. The normalized spacial score (nSPS) is 26.3. The third kappa shape index (κ3) is 3.30. The van der Waals surface area contributed by atoms with Gasteiger partial charge in [0.25, 0.3) is 0 Å². The summed E-state index contributed by atoms with van der Waals surface area (Å²) in [6, 6.07) is 0. The Bertz CT molecular complexity index is 160. The smallest absolute Gasteiger partial charge is 0.0157 e. The van der Waals surface area contributed by atoms with Gasteiger partial charge in [0, 0.05) is 5.54 Å². The van der Waals surface area contributed by atoms with Crippen molar-refractivity contribution in [3.05, 3.63) is 0 Å². The van der Waals surface area contributed by atoms with Crippen molar-refractivity contribution in [1.29, 1.82) is 0 Å². The zero-order valence-corrected chi connectivity index (χ0v) is 9.69. The SMILES string of the molecule is CC(C)CC1(N)CCC(C)(C)CC1. The summed E-state index contributed by atoms with van der Waals surface area (Å²) in [6.07, 6.45) is 6.24. The largest absolute Gasteiger partial charge is 0.325 e. The molecular weight excluding hydrogens is 158 g/mol. The molecule has 0 spiro atoms. The van der Waals surface area contributed by atoms with E-state index in [1.165, 1.54) is 32.1 Å². The quantitative estimate of drug-likeness (QED) is 0.698. The second-order valence-corrected chi connectivity index (χ2v) is 6.12. The number of hydrogen-bond donors (Lipinski definition) is 1. The maximum absolute atomic E-state index is 6.38. The molecule has 78 valence electrons. The molecule has 1 nitrogen and oxygen atoms in total. The molecular formula is C12H25N. The molecule has 0 saturated heterocycles. The second-order valence-electron chi connectivity index (χ2n) is 6.12. The lowest BCUT2D eigenvalue weighted by atomic mass is 9.67. The molecule has 0 bridgehead atoms. The topological polar surface area (TPSA) is 26.0 Å². The summed E-state index contributed by atoms with van der Waals surface area (Å²) in [5, 5.41) is 0. The van der Waals surface area contributed by atoms with Gasteiger partial charge >= 0.3 is 0 Å². The van der Waals surface area contributed by atoms with Crippen molar-refractivity contribution in [1.82, 2.24) is 0 Å². The summed E-state index contributed by atoms with van der Waals surface area (Å²) in [6.45, 7) is 9.27. The Kier molecular flexibility index (Phi) is 3.06. The van der Waals surface area contributed by atoms with Gasteiger partial charge in [-0.3, -0.25) is 0 Å². The van der Waals surface area contributed by atoms with E-state index in [1.54, 1.807) is 0 Å². The van der Waals surface area contributed by atoms with Crippen LogP contribution < -0.4 is 5.73 Å².